The predicted octanol–water partition coefficient (Wildman–Crippen LogP) is 1.29. The molecule has 0 fully saturated rings. The number of carbonyl (C=O) groups excluding carboxylic acids is 1. The van der Waals surface area contributed by atoms with Crippen molar-refractivity contribution in [3.05, 3.63) is 29.3 Å². The van der Waals surface area contributed by atoms with E-state index in [9.17, 15) is 9.90 Å². The molecular weight excluding hydrogens is 192 g/mol. The monoisotopic (exact) mass is 208 g/mol. The number of nitrogens with one attached hydrogen (secondary N) is 1. The van der Waals surface area contributed by atoms with Gasteiger partial charge in [-0.05, 0) is 23.1 Å². The lowest BCUT2D eigenvalue weighted by molar-refractivity contribution is 0.0951. The van der Waals surface area contributed by atoms with Crippen LogP contribution >= 0.6 is 0 Å². The minimum absolute atomic E-state index is 0.0639. The molecule has 0 atom stereocenters. The highest BCUT2D eigenvalue weighted by molar-refractivity contribution is 5.96. The van der Waals surface area contributed by atoms with E-state index < -0.39 is 5.91 Å². The molecule has 0 aromatic heterocycles. The Morgan fingerprint density at radius 1 is 1.40 bits per heavy atom. The number of hydrogen-bond acceptors (Lipinski definition) is 3. The van der Waals surface area contributed by atoms with Gasteiger partial charge in [0.05, 0.1) is 5.56 Å². The van der Waals surface area contributed by atoms with Crippen molar-refractivity contribution in [1.29, 1.82) is 0 Å². The molecule has 0 spiro atoms. The molecule has 0 unspecified atom stereocenters. The van der Waals surface area contributed by atoms with Crippen molar-refractivity contribution in [2.75, 3.05) is 0 Å². The zero-order chi connectivity index (χ0) is 11.6. The number of rotatable bonds is 1. The Labute approximate surface area is 89.1 Å². The average molecular weight is 208 g/mol. The summed E-state index contributed by atoms with van der Waals surface area (Å²) in [6, 6.07) is 4.95. The minimum atomic E-state index is -0.487. The van der Waals surface area contributed by atoms with Crippen LogP contribution in [0.2, 0.25) is 0 Å². The van der Waals surface area contributed by atoms with E-state index >= 15 is 0 Å². The van der Waals surface area contributed by atoms with Crippen LogP contribution in [0.1, 0.15) is 36.7 Å². The smallest absolute Gasteiger partial charge is 0.268 e. The Morgan fingerprint density at radius 2 is 2.00 bits per heavy atom. The lowest BCUT2D eigenvalue weighted by atomic mass is 9.86. The highest BCUT2D eigenvalue weighted by atomic mass is 16.3. The van der Waals surface area contributed by atoms with Gasteiger partial charge in [-0.25, -0.2) is 5.84 Å². The largest absolute Gasteiger partial charge is 0.507 e. The van der Waals surface area contributed by atoms with Crippen molar-refractivity contribution in [2.24, 2.45) is 5.84 Å². The summed E-state index contributed by atoms with van der Waals surface area (Å²) >= 11 is 0. The van der Waals surface area contributed by atoms with E-state index in [-0.39, 0.29) is 16.7 Å². The molecule has 0 aliphatic heterocycles. The topological polar surface area (TPSA) is 75.3 Å². The number of amides is 1. The number of carbonyl (C=O) groups is 1. The van der Waals surface area contributed by atoms with Gasteiger partial charge in [-0.15, -0.1) is 0 Å². The summed E-state index contributed by atoms with van der Waals surface area (Å²) in [7, 11) is 0. The minimum Gasteiger partial charge on any atom is -0.507 e. The second kappa shape index (κ2) is 3.90. The van der Waals surface area contributed by atoms with E-state index in [1.165, 1.54) is 6.07 Å². The van der Waals surface area contributed by atoms with Crippen molar-refractivity contribution < 1.29 is 9.90 Å². The molecule has 1 aromatic carbocycles. The van der Waals surface area contributed by atoms with Gasteiger partial charge in [0, 0.05) is 0 Å². The van der Waals surface area contributed by atoms with E-state index in [1.807, 2.05) is 26.2 Å². The first-order valence-corrected chi connectivity index (χ1v) is 4.70. The lowest BCUT2D eigenvalue weighted by Gasteiger charge is -2.19. The normalized spacial score (nSPS) is 11.2. The summed E-state index contributed by atoms with van der Waals surface area (Å²) in [5.41, 5.74) is 3.10. The van der Waals surface area contributed by atoms with Gasteiger partial charge in [-0.1, -0.05) is 26.8 Å². The lowest BCUT2D eigenvalue weighted by Crippen LogP contribution is -2.30. The molecule has 0 radical (unpaired) electrons. The molecule has 4 nitrogen and oxygen atoms in total. The fraction of sp³-hybridized carbons (Fsp3) is 0.364. The third-order valence-corrected chi connectivity index (χ3v) is 2.24. The zero-order valence-corrected chi connectivity index (χ0v) is 9.16. The first kappa shape index (κ1) is 11.5. The number of hydrazine groups is 1. The number of nitrogen functional groups attached to an aromatic ring is 1. The highest BCUT2D eigenvalue weighted by Crippen LogP contribution is 2.27. The quantitative estimate of drug-likeness (QED) is 0.370. The molecule has 0 bridgehead atoms. The Morgan fingerprint density at radius 3 is 2.47 bits per heavy atom. The SMILES string of the molecule is CC(C)(C)c1ccc(O)c(C(=O)NN)c1. The average Bonchev–Trinajstić information content (AvgIpc) is 2.15. The number of aromatic hydroxyl groups is 1. The molecule has 1 aromatic rings. The molecule has 1 amide bonds. The predicted molar refractivity (Wildman–Crippen MR) is 58.5 cm³/mol. The molecule has 0 aliphatic carbocycles. The summed E-state index contributed by atoms with van der Waals surface area (Å²) < 4.78 is 0. The van der Waals surface area contributed by atoms with Crippen molar-refractivity contribution in [3.63, 3.8) is 0 Å². The Kier molecular flexibility index (Phi) is 3.00. The van der Waals surface area contributed by atoms with Gasteiger partial charge >= 0.3 is 0 Å². The summed E-state index contributed by atoms with van der Waals surface area (Å²) in [6.45, 7) is 6.09. The Balaban J connectivity index is 3.23. The third-order valence-electron chi connectivity index (χ3n) is 2.24. The maximum absolute atomic E-state index is 11.3. The van der Waals surface area contributed by atoms with Gasteiger partial charge in [0.15, 0.2) is 0 Å². The number of phenolic OH excluding ortho intramolecular Hbond substituents is 1. The van der Waals surface area contributed by atoms with Gasteiger partial charge in [-0.3, -0.25) is 10.2 Å². The van der Waals surface area contributed by atoms with Gasteiger partial charge < -0.3 is 5.11 Å². The molecule has 1 rings (SSSR count). The van der Waals surface area contributed by atoms with Crippen molar-refractivity contribution >= 4 is 5.91 Å². The maximum atomic E-state index is 11.3. The molecule has 0 saturated heterocycles. The standard InChI is InChI=1S/C11H16N2O2/c1-11(2,3)7-4-5-9(14)8(6-7)10(15)13-12/h4-6,14H,12H2,1-3H3,(H,13,15). The first-order valence-electron chi connectivity index (χ1n) is 4.70. The number of hydrogen-bond donors (Lipinski definition) is 3. The molecule has 82 valence electrons. The fourth-order valence-corrected chi connectivity index (χ4v) is 1.26. The van der Waals surface area contributed by atoms with Crippen LogP contribution < -0.4 is 11.3 Å². The summed E-state index contributed by atoms with van der Waals surface area (Å²) in [5.74, 6) is 4.47. The Bertz CT molecular complexity index is 381. The number of nitrogens with two attached hydrogens (primary N) is 1. The Hall–Kier alpha value is -1.55. The number of phenols is 1. The zero-order valence-electron chi connectivity index (χ0n) is 9.16. The van der Waals surface area contributed by atoms with Gasteiger partial charge in [0.1, 0.15) is 5.75 Å². The molecule has 0 heterocycles. The molecule has 4 N–H and O–H groups in total. The molecule has 0 aliphatic rings. The highest BCUT2D eigenvalue weighted by Gasteiger charge is 2.17. The maximum Gasteiger partial charge on any atom is 0.268 e. The van der Waals surface area contributed by atoms with Crippen molar-refractivity contribution in [3.8, 4) is 5.75 Å². The van der Waals surface area contributed by atoms with Gasteiger partial charge in [0.25, 0.3) is 5.91 Å². The number of benzene rings is 1. The second-order valence-corrected chi connectivity index (χ2v) is 4.46. The summed E-state index contributed by atoms with van der Waals surface area (Å²) in [6.07, 6.45) is 0. The van der Waals surface area contributed by atoms with Crippen LogP contribution in [0, 0.1) is 0 Å². The van der Waals surface area contributed by atoms with Crippen LogP contribution in [0.5, 0.6) is 5.75 Å². The van der Waals surface area contributed by atoms with Gasteiger partial charge in [0.2, 0.25) is 0 Å². The summed E-state index contributed by atoms with van der Waals surface area (Å²) in [4.78, 5) is 11.3. The molecule has 15 heavy (non-hydrogen) atoms. The van der Waals surface area contributed by atoms with Crippen molar-refractivity contribution in [2.45, 2.75) is 26.2 Å². The van der Waals surface area contributed by atoms with Crippen molar-refractivity contribution in [1.82, 2.24) is 5.43 Å². The first-order chi connectivity index (χ1) is 6.86. The van der Waals surface area contributed by atoms with E-state index in [0.29, 0.717) is 0 Å². The van der Waals surface area contributed by atoms with Crippen LogP contribution in [0.3, 0.4) is 0 Å². The van der Waals surface area contributed by atoms with Crippen LogP contribution in [-0.2, 0) is 5.41 Å². The molecule has 0 saturated carbocycles. The fourth-order valence-electron chi connectivity index (χ4n) is 1.26. The van der Waals surface area contributed by atoms with E-state index in [1.54, 1.807) is 12.1 Å². The molecular formula is C11H16N2O2. The second-order valence-electron chi connectivity index (χ2n) is 4.46. The molecule has 4 heteroatoms. The van der Waals surface area contributed by atoms with E-state index in [0.717, 1.165) is 5.56 Å². The van der Waals surface area contributed by atoms with Crippen LogP contribution in [0.25, 0.3) is 0 Å². The van der Waals surface area contributed by atoms with E-state index in [4.69, 9.17) is 5.84 Å². The van der Waals surface area contributed by atoms with Crippen LogP contribution in [0.15, 0.2) is 18.2 Å². The van der Waals surface area contributed by atoms with Gasteiger partial charge in [-0.2, -0.15) is 0 Å². The summed E-state index contributed by atoms with van der Waals surface area (Å²) in [5, 5.41) is 9.49. The van der Waals surface area contributed by atoms with Crippen LogP contribution in [-0.4, -0.2) is 11.0 Å². The van der Waals surface area contributed by atoms with E-state index in [2.05, 4.69) is 0 Å². The third kappa shape index (κ3) is 2.47. The van der Waals surface area contributed by atoms with Crippen LogP contribution in [0.4, 0.5) is 0 Å².